The lowest BCUT2D eigenvalue weighted by molar-refractivity contribution is -0.600. The Balaban J connectivity index is 2.14. The third kappa shape index (κ3) is 2.57. The Morgan fingerprint density at radius 1 is 0.957 bits per heavy atom. The van der Waals surface area contributed by atoms with Crippen LogP contribution in [0.2, 0.25) is 0 Å². The fourth-order valence-corrected chi connectivity index (χ4v) is 2.78. The van der Waals surface area contributed by atoms with Crippen molar-refractivity contribution in [1.82, 2.24) is 4.73 Å². The second-order valence-electron chi connectivity index (χ2n) is 6.01. The van der Waals surface area contributed by atoms with Crippen LogP contribution >= 0.6 is 0 Å². The molecule has 3 rings (SSSR count). The van der Waals surface area contributed by atoms with Gasteiger partial charge in [-0.25, -0.2) is 4.73 Å². The van der Waals surface area contributed by atoms with Gasteiger partial charge in [0, 0.05) is 12.5 Å². The summed E-state index contributed by atoms with van der Waals surface area (Å²) in [5.41, 5.74) is 3.69. The first-order valence-corrected chi connectivity index (χ1v) is 7.70. The van der Waals surface area contributed by atoms with Crippen LogP contribution in [0.3, 0.4) is 0 Å². The zero-order chi connectivity index (χ0) is 16.6. The monoisotopic (exact) mass is 308 g/mol. The molecule has 0 saturated carbocycles. The molecule has 0 unspecified atom stereocenters. The molecule has 118 valence electrons. The van der Waals surface area contributed by atoms with E-state index in [1.165, 1.54) is 5.56 Å². The van der Waals surface area contributed by atoms with Gasteiger partial charge in [0.15, 0.2) is 5.69 Å². The van der Waals surface area contributed by atoms with Gasteiger partial charge in [-0.05, 0) is 28.3 Å². The quantitative estimate of drug-likeness (QED) is 0.449. The Hall–Kier alpha value is -2.75. The van der Waals surface area contributed by atoms with Crippen LogP contribution in [0.25, 0.3) is 22.6 Å². The summed E-state index contributed by atoms with van der Waals surface area (Å²) in [6, 6.07) is 17.2. The Bertz CT molecular complexity index is 819. The van der Waals surface area contributed by atoms with E-state index in [2.05, 4.69) is 13.8 Å². The molecule has 0 radical (unpaired) electrons. The molecule has 2 aromatic carbocycles. The van der Waals surface area contributed by atoms with Gasteiger partial charge in [0.05, 0.1) is 5.56 Å². The van der Waals surface area contributed by atoms with E-state index in [-0.39, 0.29) is 5.82 Å². The molecular formula is C19H20N2O2. The number of nitrogens with zero attached hydrogens (tertiary/aromatic N) is 2. The first-order chi connectivity index (χ1) is 11.0. The van der Waals surface area contributed by atoms with Gasteiger partial charge in [-0.1, -0.05) is 56.3 Å². The maximum Gasteiger partial charge on any atom is 0.332 e. The topological polar surface area (TPSA) is 52.1 Å². The van der Waals surface area contributed by atoms with E-state index in [4.69, 9.17) is 0 Å². The highest BCUT2D eigenvalue weighted by molar-refractivity contribution is 5.65. The highest BCUT2D eigenvalue weighted by Gasteiger charge is 2.27. The first-order valence-electron chi connectivity index (χ1n) is 7.70. The van der Waals surface area contributed by atoms with Gasteiger partial charge < -0.3 is 10.4 Å². The summed E-state index contributed by atoms with van der Waals surface area (Å²) in [6.07, 6.45) is 0. The predicted octanol–water partition coefficient (Wildman–Crippen LogP) is 4.12. The van der Waals surface area contributed by atoms with E-state index in [9.17, 15) is 10.4 Å². The average molecular weight is 308 g/mol. The van der Waals surface area contributed by atoms with E-state index in [1.54, 1.807) is 6.92 Å². The van der Waals surface area contributed by atoms with Gasteiger partial charge in [0.1, 0.15) is 0 Å². The molecule has 0 fully saturated rings. The third-order valence-electron chi connectivity index (χ3n) is 4.13. The van der Waals surface area contributed by atoms with Crippen LogP contribution in [0.15, 0.2) is 54.6 Å². The Kier molecular flexibility index (Phi) is 3.82. The number of imidazole rings is 1. The van der Waals surface area contributed by atoms with Crippen molar-refractivity contribution in [1.29, 1.82) is 0 Å². The smallest absolute Gasteiger partial charge is 0.332 e. The van der Waals surface area contributed by atoms with E-state index in [0.29, 0.717) is 22.9 Å². The van der Waals surface area contributed by atoms with Crippen LogP contribution in [0.1, 0.15) is 31.0 Å². The minimum absolute atomic E-state index is 0.233. The summed E-state index contributed by atoms with van der Waals surface area (Å²) in [5, 5.41) is 23.1. The number of rotatable bonds is 3. The van der Waals surface area contributed by atoms with Crippen LogP contribution in [0.4, 0.5) is 0 Å². The number of benzene rings is 2. The molecule has 0 aliphatic carbocycles. The molecule has 4 nitrogen and oxygen atoms in total. The summed E-state index contributed by atoms with van der Waals surface area (Å²) in [5.74, 6) is 0.655. The van der Waals surface area contributed by atoms with Gasteiger partial charge in [0.25, 0.3) is 0 Å². The molecular weight excluding hydrogens is 288 g/mol. The van der Waals surface area contributed by atoms with Gasteiger partial charge >= 0.3 is 5.82 Å². The molecule has 23 heavy (non-hydrogen) atoms. The second kappa shape index (κ2) is 5.80. The molecule has 0 atom stereocenters. The van der Waals surface area contributed by atoms with Crippen LogP contribution < -0.4 is 4.73 Å². The van der Waals surface area contributed by atoms with Crippen molar-refractivity contribution in [2.75, 3.05) is 0 Å². The second-order valence-corrected chi connectivity index (χ2v) is 6.01. The van der Waals surface area contributed by atoms with E-state index in [1.807, 2.05) is 54.6 Å². The summed E-state index contributed by atoms with van der Waals surface area (Å²) in [4.78, 5) is 0. The van der Waals surface area contributed by atoms with E-state index in [0.717, 1.165) is 15.0 Å². The zero-order valence-electron chi connectivity index (χ0n) is 13.5. The standard InChI is InChI=1S/C19H20N2O2/c1-13(2)15-9-11-17(12-10-15)19-20(22)14(3)18(21(19)23)16-7-5-4-6-8-16/h4-13,23H,1-3H3. The van der Waals surface area contributed by atoms with Crippen molar-refractivity contribution in [3.63, 3.8) is 0 Å². The Labute approximate surface area is 135 Å². The summed E-state index contributed by atoms with van der Waals surface area (Å²) >= 11 is 0. The largest absolute Gasteiger partial charge is 0.710 e. The van der Waals surface area contributed by atoms with Gasteiger partial charge in [-0.15, -0.1) is 0 Å². The molecule has 0 aliphatic heterocycles. The van der Waals surface area contributed by atoms with Gasteiger partial charge in [0.2, 0.25) is 5.69 Å². The number of hydrogen-bond acceptors (Lipinski definition) is 2. The van der Waals surface area contributed by atoms with Gasteiger partial charge in [-0.2, -0.15) is 0 Å². The zero-order valence-corrected chi connectivity index (χ0v) is 13.5. The van der Waals surface area contributed by atoms with Crippen molar-refractivity contribution in [3.05, 3.63) is 71.1 Å². The highest BCUT2D eigenvalue weighted by Crippen LogP contribution is 2.28. The Morgan fingerprint density at radius 3 is 2.13 bits per heavy atom. The minimum atomic E-state index is 0.233. The minimum Gasteiger partial charge on any atom is -0.710 e. The van der Waals surface area contributed by atoms with E-state index < -0.39 is 0 Å². The third-order valence-corrected chi connectivity index (χ3v) is 4.13. The molecule has 1 N–H and O–H groups in total. The molecule has 0 saturated heterocycles. The van der Waals surface area contributed by atoms with Gasteiger partial charge in [-0.3, -0.25) is 0 Å². The van der Waals surface area contributed by atoms with Crippen molar-refractivity contribution in [2.45, 2.75) is 26.7 Å². The molecule has 1 heterocycles. The fraction of sp³-hybridized carbons (Fsp3) is 0.211. The van der Waals surface area contributed by atoms with Crippen LogP contribution in [0, 0.1) is 12.1 Å². The van der Waals surface area contributed by atoms with Crippen molar-refractivity contribution >= 4 is 0 Å². The Morgan fingerprint density at radius 2 is 1.57 bits per heavy atom. The van der Waals surface area contributed by atoms with E-state index >= 15 is 0 Å². The molecule has 4 heteroatoms. The molecule has 3 aromatic rings. The van der Waals surface area contributed by atoms with Crippen LogP contribution in [0.5, 0.6) is 0 Å². The molecule has 0 aliphatic rings. The van der Waals surface area contributed by atoms with Crippen molar-refractivity contribution in [2.24, 2.45) is 0 Å². The predicted molar refractivity (Wildman–Crippen MR) is 90.3 cm³/mol. The maximum absolute atomic E-state index is 12.5. The van der Waals surface area contributed by atoms with Crippen molar-refractivity contribution < 1.29 is 9.94 Å². The SMILES string of the molecule is Cc1c(-c2ccccc2)n(O)c(-c2ccc(C(C)C)cc2)[n+]1[O-]. The molecule has 1 aromatic heterocycles. The fourth-order valence-electron chi connectivity index (χ4n) is 2.78. The number of hydrogen-bond donors (Lipinski definition) is 1. The number of aromatic nitrogens is 2. The lowest BCUT2D eigenvalue weighted by Crippen LogP contribution is -2.30. The molecule has 0 bridgehead atoms. The maximum atomic E-state index is 12.5. The van der Waals surface area contributed by atoms with Crippen molar-refractivity contribution in [3.8, 4) is 22.6 Å². The highest BCUT2D eigenvalue weighted by atomic mass is 16.5. The summed E-state index contributed by atoms with van der Waals surface area (Å²) in [7, 11) is 0. The molecule has 0 spiro atoms. The average Bonchev–Trinajstić information content (AvgIpc) is 2.78. The summed E-state index contributed by atoms with van der Waals surface area (Å²) < 4.78 is 1.77. The lowest BCUT2D eigenvalue weighted by Gasteiger charge is -2.07. The lowest BCUT2D eigenvalue weighted by atomic mass is 10.0. The van der Waals surface area contributed by atoms with Crippen LogP contribution in [-0.2, 0) is 0 Å². The molecule has 0 amide bonds. The normalized spacial score (nSPS) is 11.1. The van der Waals surface area contributed by atoms with Crippen LogP contribution in [-0.4, -0.2) is 9.94 Å². The first kappa shape index (κ1) is 15.2. The summed E-state index contributed by atoms with van der Waals surface area (Å²) in [6.45, 7) is 5.96.